The Morgan fingerprint density at radius 1 is 0.815 bits per heavy atom. The molecule has 132 valence electrons. The smallest absolute Gasteiger partial charge is 0.227 e. The number of nitrogens with one attached hydrogen (secondary N) is 1. The second-order valence-corrected chi connectivity index (χ2v) is 5.82. The van der Waals surface area contributed by atoms with Crippen molar-refractivity contribution in [2.24, 2.45) is 0 Å². The number of benzene rings is 1. The third-order valence-corrected chi connectivity index (χ3v) is 3.89. The maximum Gasteiger partial charge on any atom is 0.227 e. The third kappa shape index (κ3) is 4.01. The normalized spacial score (nSPS) is 10.4. The van der Waals surface area contributed by atoms with Gasteiger partial charge in [0.2, 0.25) is 5.88 Å². The van der Waals surface area contributed by atoms with Gasteiger partial charge < -0.3 is 15.8 Å². The number of rotatable bonds is 5. The molecule has 0 saturated heterocycles. The number of nitrogens with two attached hydrogens (primary N) is 1. The lowest BCUT2D eigenvalue weighted by Crippen LogP contribution is -1.95. The van der Waals surface area contributed by atoms with Gasteiger partial charge in [0.1, 0.15) is 11.6 Å². The van der Waals surface area contributed by atoms with Gasteiger partial charge in [0.25, 0.3) is 0 Å². The van der Waals surface area contributed by atoms with Gasteiger partial charge in [0.05, 0.1) is 0 Å². The van der Waals surface area contributed by atoms with Gasteiger partial charge in [-0.25, -0.2) is 9.97 Å². The van der Waals surface area contributed by atoms with Crippen LogP contribution < -0.4 is 15.8 Å². The molecule has 3 aromatic heterocycles. The average Bonchev–Trinajstić information content (AvgIpc) is 2.71. The SMILES string of the molecule is Nc1ccnc(Nc2ccc(Oc3ncccc3-c3ccncc3)cc2)c1. The fourth-order valence-electron chi connectivity index (χ4n) is 2.60. The lowest BCUT2D eigenvalue weighted by atomic mass is 10.1. The predicted molar refractivity (Wildman–Crippen MR) is 106 cm³/mol. The first-order valence-corrected chi connectivity index (χ1v) is 8.40. The van der Waals surface area contributed by atoms with E-state index in [1.165, 1.54) is 0 Å². The van der Waals surface area contributed by atoms with E-state index >= 15 is 0 Å². The molecule has 0 bridgehead atoms. The predicted octanol–water partition coefficient (Wildman–Crippen LogP) is 4.66. The molecule has 0 unspecified atom stereocenters. The molecule has 0 spiro atoms. The summed E-state index contributed by atoms with van der Waals surface area (Å²) in [5.41, 5.74) is 9.22. The van der Waals surface area contributed by atoms with E-state index in [2.05, 4.69) is 20.3 Å². The number of aromatic nitrogens is 3. The van der Waals surface area contributed by atoms with E-state index in [4.69, 9.17) is 10.5 Å². The molecule has 4 rings (SSSR count). The van der Waals surface area contributed by atoms with Gasteiger partial charge in [-0.15, -0.1) is 0 Å². The maximum atomic E-state index is 5.99. The first-order chi connectivity index (χ1) is 13.3. The van der Waals surface area contributed by atoms with Gasteiger partial charge in [0.15, 0.2) is 0 Å². The number of anilines is 3. The zero-order chi connectivity index (χ0) is 18.5. The molecule has 6 nitrogen and oxygen atoms in total. The van der Waals surface area contributed by atoms with Gasteiger partial charge in [-0.05, 0) is 60.2 Å². The van der Waals surface area contributed by atoms with Crippen LogP contribution in [0.4, 0.5) is 17.2 Å². The van der Waals surface area contributed by atoms with E-state index in [0.29, 0.717) is 23.1 Å². The standard InChI is InChI=1S/C21H17N5O/c22-16-9-13-24-20(14-16)26-17-3-5-18(6-4-17)27-21-19(2-1-10-25-21)15-7-11-23-12-8-15/h1-14H,(H3,22,24,26). The Bertz CT molecular complexity index is 1040. The quantitative estimate of drug-likeness (QED) is 0.542. The first kappa shape index (κ1) is 16.5. The minimum absolute atomic E-state index is 0.543. The molecule has 0 aliphatic carbocycles. The molecule has 0 radical (unpaired) electrons. The Labute approximate surface area is 156 Å². The Morgan fingerprint density at radius 3 is 2.41 bits per heavy atom. The molecule has 0 aliphatic rings. The summed E-state index contributed by atoms with van der Waals surface area (Å²) in [5.74, 6) is 1.92. The average molecular weight is 355 g/mol. The highest BCUT2D eigenvalue weighted by Gasteiger charge is 2.08. The number of hydrogen-bond acceptors (Lipinski definition) is 6. The van der Waals surface area contributed by atoms with Crippen LogP contribution in [0.3, 0.4) is 0 Å². The van der Waals surface area contributed by atoms with Crippen LogP contribution in [0.5, 0.6) is 11.6 Å². The summed E-state index contributed by atoms with van der Waals surface area (Å²) in [6.07, 6.45) is 6.87. The molecule has 3 N–H and O–H groups in total. The molecule has 4 aromatic rings. The van der Waals surface area contributed by atoms with Crippen molar-refractivity contribution in [3.05, 3.63) is 85.5 Å². The molecule has 6 heteroatoms. The monoisotopic (exact) mass is 355 g/mol. The topological polar surface area (TPSA) is 86.0 Å². The number of nitrogens with zero attached hydrogens (tertiary/aromatic N) is 3. The summed E-state index contributed by atoms with van der Waals surface area (Å²) in [7, 11) is 0. The Morgan fingerprint density at radius 2 is 1.63 bits per heavy atom. The van der Waals surface area contributed by atoms with Crippen LogP contribution in [0.2, 0.25) is 0 Å². The molecule has 1 aromatic carbocycles. The second kappa shape index (κ2) is 7.53. The van der Waals surface area contributed by atoms with Crippen molar-refractivity contribution in [3.8, 4) is 22.8 Å². The highest BCUT2D eigenvalue weighted by atomic mass is 16.5. The van der Waals surface area contributed by atoms with Crippen molar-refractivity contribution in [3.63, 3.8) is 0 Å². The zero-order valence-corrected chi connectivity index (χ0v) is 14.4. The summed E-state index contributed by atoms with van der Waals surface area (Å²) in [6.45, 7) is 0. The van der Waals surface area contributed by atoms with Crippen molar-refractivity contribution in [1.82, 2.24) is 15.0 Å². The molecular formula is C21H17N5O. The Kier molecular flexibility index (Phi) is 4.61. The maximum absolute atomic E-state index is 5.99. The van der Waals surface area contributed by atoms with E-state index < -0.39 is 0 Å². The van der Waals surface area contributed by atoms with Crippen molar-refractivity contribution < 1.29 is 4.74 Å². The molecule has 0 atom stereocenters. The minimum Gasteiger partial charge on any atom is -0.438 e. The van der Waals surface area contributed by atoms with Crippen molar-refractivity contribution in [2.45, 2.75) is 0 Å². The lowest BCUT2D eigenvalue weighted by molar-refractivity contribution is 0.465. The van der Waals surface area contributed by atoms with Crippen LogP contribution in [0.1, 0.15) is 0 Å². The highest BCUT2D eigenvalue weighted by Crippen LogP contribution is 2.31. The van der Waals surface area contributed by atoms with Gasteiger partial charge in [-0.1, -0.05) is 0 Å². The van der Waals surface area contributed by atoms with Crippen molar-refractivity contribution >= 4 is 17.2 Å². The molecule has 0 amide bonds. The minimum atomic E-state index is 0.543. The van der Waals surface area contributed by atoms with Crippen molar-refractivity contribution in [2.75, 3.05) is 11.1 Å². The van der Waals surface area contributed by atoms with Gasteiger partial charge in [-0.2, -0.15) is 0 Å². The zero-order valence-electron chi connectivity index (χ0n) is 14.4. The van der Waals surface area contributed by atoms with E-state index in [-0.39, 0.29) is 0 Å². The highest BCUT2D eigenvalue weighted by molar-refractivity contribution is 5.68. The largest absolute Gasteiger partial charge is 0.438 e. The van der Waals surface area contributed by atoms with Gasteiger partial charge in [0, 0.05) is 47.8 Å². The van der Waals surface area contributed by atoms with E-state index in [1.807, 2.05) is 48.5 Å². The van der Waals surface area contributed by atoms with Crippen LogP contribution in [-0.4, -0.2) is 15.0 Å². The molecular weight excluding hydrogens is 338 g/mol. The fourth-order valence-corrected chi connectivity index (χ4v) is 2.60. The molecule has 3 heterocycles. The first-order valence-electron chi connectivity index (χ1n) is 8.40. The van der Waals surface area contributed by atoms with Gasteiger partial charge in [-0.3, -0.25) is 4.98 Å². The molecule has 0 saturated carbocycles. The van der Waals surface area contributed by atoms with E-state index in [1.54, 1.807) is 36.9 Å². The van der Waals surface area contributed by atoms with Crippen LogP contribution in [0, 0.1) is 0 Å². The summed E-state index contributed by atoms with van der Waals surface area (Å²) < 4.78 is 5.99. The summed E-state index contributed by atoms with van der Waals surface area (Å²) in [5, 5.41) is 3.20. The molecule has 0 aliphatic heterocycles. The van der Waals surface area contributed by atoms with Crippen LogP contribution in [0.15, 0.2) is 85.5 Å². The Balaban J connectivity index is 1.53. The van der Waals surface area contributed by atoms with Crippen LogP contribution in [-0.2, 0) is 0 Å². The molecule has 27 heavy (non-hydrogen) atoms. The molecule has 0 fully saturated rings. The van der Waals surface area contributed by atoms with Gasteiger partial charge >= 0.3 is 0 Å². The second-order valence-electron chi connectivity index (χ2n) is 5.82. The number of pyridine rings is 3. The van der Waals surface area contributed by atoms with Crippen LogP contribution in [0.25, 0.3) is 11.1 Å². The van der Waals surface area contributed by atoms with E-state index in [0.717, 1.165) is 16.8 Å². The lowest BCUT2D eigenvalue weighted by Gasteiger charge is -2.11. The summed E-state index contributed by atoms with van der Waals surface area (Å²) in [6, 6.07) is 18.8. The Hall–Kier alpha value is -3.93. The summed E-state index contributed by atoms with van der Waals surface area (Å²) >= 11 is 0. The third-order valence-electron chi connectivity index (χ3n) is 3.89. The number of nitrogen functional groups attached to an aromatic ring is 1. The van der Waals surface area contributed by atoms with Crippen LogP contribution >= 0.6 is 0 Å². The fraction of sp³-hybridized carbons (Fsp3) is 0. The number of hydrogen-bond donors (Lipinski definition) is 2. The van der Waals surface area contributed by atoms with Crippen molar-refractivity contribution in [1.29, 1.82) is 0 Å². The summed E-state index contributed by atoms with van der Waals surface area (Å²) in [4.78, 5) is 12.7. The van der Waals surface area contributed by atoms with E-state index in [9.17, 15) is 0 Å². The number of ether oxygens (including phenoxy) is 1.